The first-order valence-electron chi connectivity index (χ1n) is 9.93. The first-order chi connectivity index (χ1) is 13.2. The lowest BCUT2D eigenvalue weighted by atomic mass is 10.00. The molecule has 27 heavy (non-hydrogen) atoms. The quantitative estimate of drug-likeness (QED) is 0.550. The number of benzene rings is 1. The van der Waals surface area contributed by atoms with Crippen molar-refractivity contribution < 1.29 is 4.74 Å². The van der Waals surface area contributed by atoms with Crippen molar-refractivity contribution in [1.29, 1.82) is 0 Å². The van der Waals surface area contributed by atoms with Crippen molar-refractivity contribution in [2.45, 2.75) is 45.1 Å². The first-order valence-corrected chi connectivity index (χ1v) is 10.3. The van der Waals surface area contributed by atoms with Crippen molar-refractivity contribution in [3.05, 3.63) is 30.5 Å². The van der Waals surface area contributed by atoms with Gasteiger partial charge in [-0.1, -0.05) is 13.3 Å². The van der Waals surface area contributed by atoms with E-state index >= 15 is 0 Å². The number of ether oxygens (including phenoxy) is 1. The van der Waals surface area contributed by atoms with E-state index in [-0.39, 0.29) is 0 Å². The summed E-state index contributed by atoms with van der Waals surface area (Å²) in [6, 6.07) is 8.61. The Morgan fingerprint density at radius 3 is 3.04 bits per heavy atom. The normalized spacial score (nSPS) is 17.6. The Labute approximate surface area is 167 Å². The van der Waals surface area contributed by atoms with E-state index in [1.807, 2.05) is 24.3 Å². The van der Waals surface area contributed by atoms with Gasteiger partial charge in [0.15, 0.2) is 5.11 Å². The molecule has 2 N–H and O–H groups in total. The third kappa shape index (κ3) is 5.08. The number of pyridine rings is 1. The molecule has 1 aliphatic heterocycles. The molecule has 3 rings (SSSR count). The van der Waals surface area contributed by atoms with Gasteiger partial charge in [0.25, 0.3) is 0 Å². The SMILES string of the molecule is CC[C@@H]1CCCCN1CCCNC(=S)Nc1ccc(OC)c2ncccc12. The Bertz CT molecular complexity index is 767. The molecule has 2 heterocycles. The Hall–Kier alpha value is -1.92. The molecule has 1 aromatic carbocycles. The average molecular weight is 387 g/mol. The Morgan fingerprint density at radius 1 is 1.33 bits per heavy atom. The van der Waals surface area contributed by atoms with E-state index in [0.717, 1.165) is 47.9 Å². The fourth-order valence-corrected chi connectivity index (χ4v) is 4.10. The second-order valence-electron chi connectivity index (χ2n) is 7.04. The summed E-state index contributed by atoms with van der Waals surface area (Å²) in [6.45, 7) is 5.56. The van der Waals surface area contributed by atoms with Crippen LogP contribution >= 0.6 is 12.2 Å². The van der Waals surface area contributed by atoms with Crippen LogP contribution < -0.4 is 15.4 Å². The lowest BCUT2D eigenvalue weighted by Crippen LogP contribution is -2.40. The maximum Gasteiger partial charge on any atom is 0.170 e. The zero-order chi connectivity index (χ0) is 19.1. The predicted octanol–water partition coefficient (Wildman–Crippen LogP) is 4.18. The number of hydrogen-bond acceptors (Lipinski definition) is 4. The summed E-state index contributed by atoms with van der Waals surface area (Å²) in [6.07, 6.45) is 8.20. The number of aromatic nitrogens is 1. The Balaban J connectivity index is 1.50. The summed E-state index contributed by atoms with van der Waals surface area (Å²) < 4.78 is 5.40. The van der Waals surface area contributed by atoms with Gasteiger partial charge in [0.05, 0.1) is 7.11 Å². The number of anilines is 1. The van der Waals surface area contributed by atoms with Gasteiger partial charge >= 0.3 is 0 Å². The fourth-order valence-electron chi connectivity index (χ4n) is 3.89. The molecule has 146 valence electrons. The summed E-state index contributed by atoms with van der Waals surface area (Å²) in [5.41, 5.74) is 1.78. The third-order valence-corrected chi connectivity index (χ3v) is 5.58. The minimum absolute atomic E-state index is 0.649. The molecule has 1 atom stereocenters. The zero-order valence-electron chi connectivity index (χ0n) is 16.3. The highest BCUT2D eigenvalue weighted by Crippen LogP contribution is 2.29. The number of thiocarbonyl (C=S) groups is 1. The summed E-state index contributed by atoms with van der Waals surface area (Å²) in [5.74, 6) is 0.766. The van der Waals surface area contributed by atoms with Crippen molar-refractivity contribution in [1.82, 2.24) is 15.2 Å². The van der Waals surface area contributed by atoms with Gasteiger partial charge in [0.2, 0.25) is 0 Å². The van der Waals surface area contributed by atoms with Gasteiger partial charge in [-0.2, -0.15) is 0 Å². The highest BCUT2D eigenvalue weighted by molar-refractivity contribution is 7.80. The van der Waals surface area contributed by atoms with Crippen LogP contribution in [0.3, 0.4) is 0 Å². The molecule has 0 spiro atoms. The topological polar surface area (TPSA) is 49.4 Å². The highest BCUT2D eigenvalue weighted by atomic mass is 32.1. The molecule has 0 amide bonds. The van der Waals surface area contributed by atoms with Crippen LogP contribution in [0, 0.1) is 0 Å². The third-order valence-electron chi connectivity index (χ3n) is 5.33. The lowest BCUT2D eigenvalue weighted by molar-refractivity contribution is 0.143. The number of rotatable bonds is 7. The molecular weight excluding hydrogens is 356 g/mol. The van der Waals surface area contributed by atoms with Gasteiger partial charge in [-0.25, -0.2) is 0 Å². The van der Waals surface area contributed by atoms with Crippen molar-refractivity contribution in [3.63, 3.8) is 0 Å². The molecule has 1 aliphatic rings. The monoisotopic (exact) mass is 386 g/mol. The molecule has 1 fully saturated rings. The summed E-state index contributed by atoms with van der Waals surface area (Å²) >= 11 is 5.49. The van der Waals surface area contributed by atoms with Gasteiger partial charge in [-0.15, -0.1) is 0 Å². The number of piperidine rings is 1. The number of fused-ring (bicyclic) bond motifs is 1. The molecule has 0 saturated carbocycles. The van der Waals surface area contributed by atoms with Crippen LogP contribution in [0.1, 0.15) is 39.0 Å². The number of methoxy groups -OCH3 is 1. The largest absolute Gasteiger partial charge is 0.494 e. The van der Waals surface area contributed by atoms with Gasteiger partial charge in [-0.05, 0) is 68.7 Å². The van der Waals surface area contributed by atoms with Crippen molar-refractivity contribution in [3.8, 4) is 5.75 Å². The molecule has 0 unspecified atom stereocenters. The maximum atomic E-state index is 5.49. The van der Waals surface area contributed by atoms with Crippen LogP contribution in [0.5, 0.6) is 5.75 Å². The fraction of sp³-hybridized carbons (Fsp3) is 0.524. The standard InChI is InChI=1S/C21H30N4OS/c1-3-16-8-4-5-14-25(16)15-7-13-23-21(27)24-18-10-11-19(26-2)20-17(18)9-6-12-22-20/h6,9-12,16H,3-5,7-8,13-15H2,1-2H3,(H2,23,24,27)/t16-/m1/s1. The molecular formula is C21H30N4OS. The number of hydrogen-bond donors (Lipinski definition) is 2. The number of nitrogens with one attached hydrogen (secondary N) is 2. The minimum Gasteiger partial charge on any atom is -0.494 e. The second kappa shape index (κ2) is 9.85. The lowest BCUT2D eigenvalue weighted by Gasteiger charge is -2.35. The predicted molar refractivity (Wildman–Crippen MR) is 117 cm³/mol. The minimum atomic E-state index is 0.649. The molecule has 5 nitrogen and oxygen atoms in total. The van der Waals surface area contributed by atoms with E-state index in [9.17, 15) is 0 Å². The first kappa shape index (κ1) is 19.8. The molecule has 0 bridgehead atoms. The van der Waals surface area contributed by atoms with Crippen LogP contribution in [0.4, 0.5) is 5.69 Å². The molecule has 6 heteroatoms. The van der Waals surface area contributed by atoms with E-state index in [2.05, 4.69) is 27.4 Å². The van der Waals surface area contributed by atoms with E-state index in [4.69, 9.17) is 17.0 Å². The van der Waals surface area contributed by atoms with Crippen LogP contribution in [-0.2, 0) is 0 Å². The Kier molecular flexibility index (Phi) is 7.24. The zero-order valence-corrected chi connectivity index (χ0v) is 17.1. The van der Waals surface area contributed by atoms with Crippen LogP contribution in [0.2, 0.25) is 0 Å². The number of likely N-dealkylation sites (tertiary alicyclic amines) is 1. The van der Waals surface area contributed by atoms with Crippen molar-refractivity contribution in [2.75, 3.05) is 32.1 Å². The maximum absolute atomic E-state index is 5.49. The molecule has 2 aromatic rings. The molecule has 1 aromatic heterocycles. The average Bonchev–Trinajstić information content (AvgIpc) is 2.71. The van der Waals surface area contributed by atoms with E-state index in [1.54, 1.807) is 13.3 Å². The van der Waals surface area contributed by atoms with Crippen LogP contribution in [0.25, 0.3) is 10.9 Å². The van der Waals surface area contributed by atoms with Gasteiger partial charge < -0.3 is 20.3 Å². The summed E-state index contributed by atoms with van der Waals surface area (Å²) in [4.78, 5) is 7.07. The van der Waals surface area contributed by atoms with Crippen molar-refractivity contribution >= 4 is 33.9 Å². The summed E-state index contributed by atoms with van der Waals surface area (Å²) in [7, 11) is 1.66. The van der Waals surface area contributed by atoms with E-state index < -0.39 is 0 Å². The van der Waals surface area contributed by atoms with Crippen LogP contribution in [0.15, 0.2) is 30.5 Å². The second-order valence-corrected chi connectivity index (χ2v) is 7.45. The van der Waals surface area contributed by atoms with Crippen LogP contribution in [-0.4, -0.2) is 47.8 Å². The van der Waals surface area contributed by atoms with Gasteiger partial charge in [-0.3, -0.25) is 4.98 Å². The number of nitrogens with zero attached hydrogens (tertiary/aromatic N) is 2. The van der Waals surface area contributed by atoms with Gasteiger partial charge in [0, 0.05) is 36.4 Å². The van der Waals surface area contributed by atoms with Gasteiger partial charge in [0.1, 0.15) is 11.3 Å². The highest BCUT2D eigenvalue weighted by Gasteiger charge is 2.19. The smallest absolute Gasteiger partial charge is 0.170 e. The van der Waals surface area contributed by atoms with E-state index in [0.29, 0.717) is 5.11 Å². The van der Waals surface area contributed by atoms with Crippen molar-refractivity contribution in [2.24, 2.45) is 0 Å². The molecule has 0 aliphatic carbocycles. The molecule has 1 saturated heterocycles. The Morgan fingerprint density at radius 2 is 2.22 bits per heavy atom. The molecule has 0 radical (unpaired) electrons. The van der Waals surface area contributed by atoms with E-state index in [1.165, 1.54) is 32.2 Å². The summed E-state index contributed by atoms with van der Waals surface area (Å²) in [5, 5.41) is 8.29.